The Morgan fingerprint density at radius 3 is 2.38 bits per heavy atom. The zero-order valence-corrected chi connectivity index (χ0v) is 12.5. The van der Waals surface area contributed by atoms with Gasteiger partial charge in [-0.25, -0.2) is 0 Å². The lowest BCUT2D eigenvalue weighted by molar-refractivity contribution is -0.136. The van der Waals surface area contributed by atoms with Crippen LogP contribution in [0.25, 0.3) is 11.1 Å². The molecular weight excluding hydrogens is 260 g/mol. The molecule has 21 heavy (non-hydrogen) atoms. The molecule has 2 aromatic carbocycles. The van der Waals surface area contributed by atoms with E-state index in [1.54, 1.807) is 0 Å². The Kier molecular flexibility index (Phi) is 5.56. The van der Waals surface area contributed by atoms with Gasteiger partial charge < -0.3 is 5.11 Å². The molecule has 0 aliphatic heterocycles. The van der Waals surface area contributed by atoms with Crippen molar-refractivity contribution in [2.45, 2.75) is 39.0 Å². The first-order valence-corrected chi connectivity index (χ1v) is 7.59. The number of hydrogen-bond acceptors (Lipinski definition) is 1. The maximum Gasteiger partial charge on any atom is 0.307 e. The lowest BCUT2D eigenvalue weighted by Gasteiger charge is -2.09. The summed E-state index contributed by atoms with van der Waals surface area (Å²) in [6.07, 6.45) is 4.91. The van der Waals surface area contributed by atoms with Gasteiger partial charge in [0.25, 0.3) is 0 Å². The van der Waals surface area contributed by atoms with E-state index in [-0.39, 0.29) is 6.42 Å². The molecule has 2 heteroatoms. The van der Waals surface area contributed by atoms with Crippen LogP contribution in [0.5, 0.6) is 0 Å². The van der Waals surface area contributed by atoms with E-state index < -0.39 is 5.97 Å². The summed E-state index contributed by atoms with van der Waals surface area (Å²) in [7, 11) is 0. The third kappa shape index (κ3) is 4.45. The highest BCUT2D eigenvalue weighted by Gasteiger charge is 2.08. The van der Waals surface area contributed by atoms with Gasteiger partial charge in [0.2, 0.25) is 0 Å². The molecule has 0 radical (unpaired) electrons. The van der Waals surface area contributed by atoms with Crippen LogP contribution >= 0.6 is 0 Å². The number of carbonyl (C=O) groups is 1. The molecule has 0 fully saturated rings. The SMILES string of the molecule is CCCCCc1ccc(-c2ccccc2CC(=O)O)cc1. The summed E-state index contributed by atoms with van der Waals surface area (Å²) in [5.74, 6) is -0.793. The van der Waals surface area contributed by atoms with E-state index >= 15 is 0 Å². The van der Waals surface area contributed by atoms with Gasteiger partial charge in [0.05, 0.1) is 6.42 Å². The first-order chi connectivity index (χ1) is 10.2. The van der Waals surface area contributed by atoms with E-state index in [1.807, 2.05) is 24.3 Å². The zero-order chi connectivity index (χ0) is 15.1. The topological polar surface area (TPSA) is 37.3 Å². The fourth-order valence-electron chi connectivity index (χ4n) is 2.55. The molecule has 110 valence electrons. The Hall–Kier alpha value is -2.09. The fourth-order valence-corrected chi connectivity index (χ4v) is 2.55. The van der Waals surface area contributed by atoms with Crippen molar-refractivity contribution in [3.8, 4) is 11.1 Å². The van der Waals surface area contributed by atoms with Gasteiger partial charge in [-0.2, -0.15) is 0 Å². The van der Waals surface area contributed by atoms with Gasteiger partial charge in [0.1, 0.15) is 0 Å². The van der Waals surface area contributed by atoms with Gasteiger partial charge in [-0.05, 0) is 35.1 Å². The highest BCUT2D eigenvalue weighted by molar-refractivity contribution is 5.76. The van der Waals surface area contributed by atoms with Gasteiger partial charge in [-0.3, -0.25) is 4.79 Å². The zero-order valence-electron chi connectivity index (χ0n) is 12.5. The minimum absolute atomic E-state index is 0.0639. The van der Waals surface area contributed by atoms with Gasteiger partial charge >= 0.3 is 5.97 Å². The van der Waals surface area contributed by atoms with Crippen LogP contribution in [0.2, 0.25) is 0 Å². The van der Waals surface area contributed by atoms with Crippen molar-refractivity contribution in [1.29, 1.82) is 0 Å². The molecule has 0 spiro atoms. The van der Waals surface area contributed by atoms with E-state index in [1.165, 1.54) is 24.8 Å². The van der Waals surface area contributed by atoms with Gasteiger partial charge in [0, 0.05) is 0 Å². The molecule has 0 aliphatic carbocycles. The summed E-state index contributed by atoms with van der Waals surface area (Å²) >= 11 is 0. The van der Waals surface area contributed by atoms with Crippen molar-refractivity contribution in [2.24, 2.45) is 0 Å². The van der Waals surface area contributed by atoms with Crippen molar-refractivity contribution in [3.05, 3.63) is 59.7 Å². The summed E-state index contributed by atoms with van der Waals surface area (Å²) < 4.78 is 0. The van der Waals surface area contributed by atoms with Crippen LogP contribution in [0.15, 0.2) is 48.5 Å². The van der Waals surface area contributed by atoms with E-state index in [9.17, 15) is 4.79 Å². The summed E-state index contributed by atoms with van der Waals surface area (Å²) in [6.45, 7) is 2.21. The Bertz CT molecular complexity index is 585. The molecule has 0 saturated heterocycles. The summed E-state index contributed by atoms with van der Waals surface area (Å²) in [5.41, 5.74) is 4.32. The second kappa shape index (κ2) is 7.63. The molecule has 2 rings (SSSR count). The minimum atomic E-state index is -0.793. The van der Waals surface area contributed by atoms with Gasteiger partial charge in [-0.1, -0.05) is 68.3 Å². The molecule has 2 aromatic rings. The lowest BCUT2D eigenvalue weighted by atomic mass is 9.96. The second-order valence-electron chi connectivity index (χ2n) is 5.38. The molecule has 2 nitrogen and oxygen atoms in total. The quantitative estimate of drug-likeness (QED) is 0.746. The number of aliphatic carboxylic acids is 1. The highest BCUT2D eigenvalue weighted by Crippen LogP contribution is 2.25. The molecular formula is C19H22O2. The molecule has 0 saturated carbocycles. The number of benzene rings is 2. The van der Waals surface area contributed by atoms with E-state index in [0.29, 0.717) is 0 Å². The molecule has 0 amide bonds. The smallest absolute Gasteiger partial charge is 0.307 e. The normalized spacial score (nSPS) is 10.5. The Morgan fingerprint density at radius 2 is 1.71 bits per heavy atom. The van der Waals surface area contributed by atoms with E-state index in [4.69, 9.17) is 5.11 Å². The first-order valence-electron chi connectivity index (χ1n) is 7.59. The van der Waals surface area contributed by atoms with Crippen LogP contribution in [0.4, 0.5) is 0 Å². The number of carboxylic acids is 1. The van der Waals surface area contributed by atoms with Gasteiger partial charge in [-0.15, -0.1) is 0 Å². The average Bonchev–Trinajstić information content (AvgIpc) is 2.48. The van der Waals surface area contributed by atoms with Gasteiger partial charge in [0.15, 0.2) is 0 Å². The molecule has 0 aromatic heterocycles. The predicted molar refractivity (Wildman–Crippen MR) is 86.4 cm³/mol. The van der Waals surface area contributed by atoms with Crippen molar-refractivity contribution in [3.63, 3.8) is 0 Å². The predicted octanol–water partition coefficient (Wildman–Crippen LogP) is 4.71. The number of rotatable bonds is 7. The molecule has 0 unspecified atom stereocenters. The van der Waals surface area contributed by atoms with Crippen LogP contribution in [0.3, 0.4) is 0 Å². The molecule has 1 N–H and O–H groups in total. The molecule has 0 atom stereocenters. The molecule has 0 aliphatic rings. The number of carboxylic acid groups (broad SMARTS) is 1. The average molecular weight is 282 g/mol. The van der Waals surface area contributed by atoms with Crippen molar-refractivity contribution in [2.75, 3.05) is 0 Å². The Morgan fingerprint density at radius 1 is 1.00 bits per heavy atom. The van der Waals surface area contributed by atoms with Crippen LogP contribution in [0, 0.1) is 0 Å². The van der Waals surface area contributed by atoms with Crippen LogP contribution in [-0.2, 0) is 17.6 Å². The minimum Gasteiger partial charge on any atom is -0.481 e. The summed E-state index contributed by atoms with van der Waals surface area (Å²) in [4.78, 5) is 11.0. The van der Waals surface area contributed by atoms with E-state index in [0.717, 1.165) is 23.1 Å². The monoisotopic (exact) mass is 282 g/mol. The van der Waals surface area contributed by atoms with Crippen molar-refractivity contribution in [1.82, 2.24) is 0 Å². The largest absolute Gasteiger partial charge is 0.481 e. The third-order valence-corrected chi connectivity index (χ3v) is 3.69. The van der Waals surface area contributed by atoms with E-state index in [2.05, 4.69) is 31.2 Å². The van der Waals surface area contributed by atoms with Crippen molar-refractivity contribution < 1.29 is 9.90 Å². The molecule has 0 heterocycles. The third-order valence-electron chi connectivity index (χ3n) is 3.69. The second-order valence-corrected chi connectivity index (χ2v) is 5.38. The maximum atomic E-state index is 11.0. The van der Waals surface area contributed by atoms with Crippen LogP contribution in [-0.4, -0.2) is 11.1 Å². The molecule has 0 bridgehead atoms. The fraction of sp³-hybridized carbons (Fsp3) is 0.316. The Labute approximate surface area is 126 Å². The van der Waals surface area contributed by atoms with Crippen molar-refractivity contribution >= 4 is 5.97 Å². The standard InChI is InChI=1S/C19H22O2/c1-2-3-4-7-15-10-12-16(13-11-15)18-9-6-5-8-17(18)14-19(20)21/h5-6,8-13H,2-4,7,14H2,1H3,(H,20,21). The summed E-state index contributed by atoms with van der Waals surface area (Å²) in [5, 5.41) is 9.00. The maximum absolute atomic E-state index is 11.0. The summed E-state index contributed by atoms with van der Waals surface area (Å²) in [6, 6.07) is 16.2. The van der Waals surface area contributed by atoms with Crippen LogP contribution < -0.4 is 0 Å². The number of unbranched alkanes of at least 4 members (excludes halogenated alkanes) is 2. The first kappa shape index (κ1) is 15.3. The number of aryl methyl sites for hydroxylation is 1. The highest BCUT2D eigenvalue weighted by atomic mass is 16.4. The Balaban J connectivity index is 2.16. The van der Waals surface area contributed by atoms with Crippen LogP contribution in [0.1, 0.15) is 37.3 Å². The number of hydrogen-bond donors (Lipinski definition) is 1. The lowest BCUT2D eigenvalue weighted by Crippen LogP contribution is -2.01.